The van der Waals surface area contributed by atoms with E-state index < -0.39 is 24.3 Å². The van der Waals surface area contributed by atoms with Crippen molar-refractivity contribution in [2.75, 3.05) is 11.9 Å². The lowest BCUT2D eigenvalue weighted by molar-refractivity contribution is -0.119. The normalized spacial score (nSPS) is 10.4. The fraction of sp³-hybridized carbons (Fsp3) is 0.190. The predicted molar refractivity (Wildman–Crippen MR) is 108 cm³/mol. The van der Waals surface area contributed by atoms with Gasteiger partial charge in [0.2, 0.25) is 0 Å². The van der Waals surface area contributed by atoms with Gasteiger partial charge in [-0.2, -0.15) is 0 Å². The number of esters is 1. The van der Waals surface area contributed by atoms with E-state index in [1.165, 1.54) is 23.5 Å². The molecule has 0 spiro atoms. The quantitative estimate of drug-likeness (QED) is 0.584. The van der Waals surface area contributed by atoms with Gasteiger partial charge in [-0.15, -0.1) is 11.3 Å². The highest BCUT2D eigenvalue weighted by Gasteiger charge is 2.12. The van der Waals surface area contributed by atoms with Crippen LogP contribution in [0.1, 0.15) is 26.6 Å². The van der Waals surface area contributed by atoms with Crippen LogP contribution in [-0.4, -0.2) is 23.5 Å². The van der Waals surface area contributed by atoms with Crippen LogP contribution in [0.2, 0.25) is 0 Å². The van der Waals surface area contributed by atoms with Gasteiger partial charge in [0.15, 0.2) is 6.61 Å². The topological polar surface area (TPSA) is 77.5 Å². The minimum absolute atomic E-state index is 0.256. The molecule has 0 aliphatic carbocycles. The van der Waals surface area contributed by atoms with Gasteiger partial charge in [0.1, 0.15) is 18.2 Å². The van der Waals surface area contributed by atoms with Gasteiger partial charge in [-0.3, -0.25) is 4.79 Å². The van der Waals surface area contributed by atoms with E-state index in [0.29, 0.717) is 23.6 Å². The zero-order valence-electron chi connectivity index (χ0n) is 15.9. The number of nitrogens with one attached hydrogen (secondary N) is 1. The lowest BCUT2D eigenvalue weighted by Gasteiger charge is -2.09. The zero-order valence-corrected chi connectivity index (χ0v) is 16.7. The third kappa shape index (κ3) is 5.86. The Kier molecular flexibility index (Phi) is 6.56. The van der Waals surface area contributed by atoms with Crippen molar-refractivity contribution in [2.24, 2.45) is 0 Å². The second-order valence-electron chi connectivity index (χ2n) is 6.26. The van der Waals surface area contributed by atoms with Gasteiger partial charge in [-0.05, 0) is 49.7 Å². The summed E-state index contributed by atoms with van der Waals surface area (Å²) in [5.41, 5.74) is 1.83. The van der Waals surface area contributed by atoms with Gasteiger partial charge >= 0.3 is 5.97 Å². The Morgan fingerprint density at radius 1 is 1.17 bits per heavy atom. The highest BCUT2D eigenvalue weighted by atomic mass is 32.1. The van der Waals surface area contributed by atoms with Crippen LogP contribution in [0.4, 0.5) is 10.1 Å². The number of halogens is 1. The van der Waals surface area contributed by atoms with E-state index in [1.54, 1.807) is 37.3 Å². The number of aromatic nitrogens is 1. The lowest BCUT2D eigenvalue weighted by atomic mass is 10.2. The first kappa shape index (κ1) is 20.5. The van der Waals surface area contributed by atoms with Gasteiger partial charge in [0, 0.05) is 11.1 Å². The average molecular weight is 414 g/mol. The van der Waals surface area contributed by atoms with Crippen LogP contribution in [0.15, 0.2) is 47.8 Å². The maximum atomic E-state index is 13.5. The molecular weight excluding hydrogens is 395 g/mol. The van der Waals surface area contributed by atoms with Gasteiger partial charge in [0.25, 0.3) is 5.91 Å². The summed E-state index contributed by atoms with van der Waals surface area (Å²) >= 11 is 1.53. The Morgan fingerprint density at radius 3 is 2.72 bits per heavy atom. The maximum Gasteiger partial charge on any atom is 0.338 e. The molecule has 0 saturated carbocycles. The number of carbonyl (C=O) groups excluding carboxylic acids is 2. The summed E-state index contributed by atoms with van der Waals surface area (Å²) in [5.74, 6) is -1.16. The first-order valence-corrected chi connectivity index (χ1v) is 9.65. The molecule has 150 valence electrons. The van der Waals surface area contributed by atoms with Crippen molar-refractivity contribution >= 4 is 28.9 Å². The summed E-state index contributed by atoms with van der Waals surface area (Å²) in [5, 5.41) is 5.34. The molecule has 1 N–H and O–H groups in total. The fourth-order valence-corrected chi connectivity index (χ4v) is 3.02. The molecule has 29 heavy (non-hydrogen) atoms. The Morgan fingerprint density at radius 2 is 2.00 bits per heavy atom. The third-order valence-corrected chi connectivity index (χ3v) is 4.74. The fourth-order valence-electron chi connectivity index (χ4n) is 2.43. The SMILES string of the molecule is Cc1nc(COc2cccc(C(=O)OCC(=O)Nc3ccc(C)c(F)c3)c2)cs1. The number of hydrogen-bond acceptors (Lipinski definition) is 6. The number of thiazole rings is 1. The number of ether oxygens (including phenoxy) is 2. The number of amides is 1. The minimum Gasteiger partial charge on any atom is -0.487 e. The van der Waals surface area contributed by atoms with Crippen LogP contribution in [0, 0.1) is 19.7 Å². The van der Waals surface area contributed by atoms with Crippen molar-refractivity contribution in [1.82, 2.24) is 4.98 Å². The highest BCUT2D eigenvalue weighted by molar-refractivity contribution is 7.09. The summed E-state index contributed by atoms with van der Waals surface area (Å²) in [6.07, 6.45) is 0. The summed E-state index contributed by atoms with van der Waals surface area (Å²) in [7, 11) is 0. The molecule has 0 bridgehead atoms. The number of carbonyl (C=O) groups is 2. The number of nitrogens with zero attached hydrogens (tertiary/aromatic N) is 1. The van der Waals surface area contributed by atoms with Crippen LogP contribution in [0.5, 0.6) is 5.75 Å². The highest BCUT2D eigenvalue weighted by Crippen LogP contribution is 2.17. The molecule has 6 nitrogen and oxygen atoms in total. The van der Waals surface area contributed by atoms with Crippen molar-refractivity contribution in [3.63, 3.8) is 0 Å². The van der Waals surface area contributed by atoms with Crippen molar-refractivity contribution < 1.29 is 23.5 Å². The largest absolute Gasteiger partial charge is 0.487 e. The summed E-state index contributed by atoms with van der Waals surface area (Å²) in [6, 6.07) is 10.8. The molecule has 2 aromatic carbocycles. The standard InChI is InChI=1S/C21H19FN2O4S/c1-13-6-7-16(9-19(13)22)24-20(25)11-28-21(26)15-4-3-5-18(8-15)27-10-17-12-29-14(2)23-17/h3-9,12H,10-11H2,1-2H3,(H,24,25). The van der Waals surface area contributed by atoms with E-state index in [4.69, 9.17) is 9.47 Å². The Balaban J connectivity index is 1.52. The number of hydrogen-bond donors (Lipinski definition) is 1. The molecular formula is C21H19FN2O4S. The monoisotopic (exact) mass is 414 g/mol. The molecule has 0 saturated heterocycles. The van der Waals surface area contributed by atoms with Crippen molar-refractivity contribution in [2.45, 2.75) is 20.5 Å². The van der Waals surface area contributed by atoms with Gasteiger partial charge < -0.3 is 14.8 Å². The second kappa shape index (κ2) is 9.29. The van der Waals surface area contributed by atoms with E-state index in [1.807, 2.05) is 12.3 Å². The molecule has 0 aliphatic rings. The van der Waals surface area contributed by atoms with Crippen LogP contribution < -0.4 is 10.1 Å². The Bertz CT molecular complexity index is 1040. The van der Waals surface area contributed by atoms with Crippen LogP contribution in [0.3, 0.4) is 0 Å². The second-order valence-corrected chi connectivity index (χ2v) is 7.32. The molecule has 3 aromatic rings. The maximum absolute atomic E-state index is 13.5. The zero-order chi connectivity index (χ0) is 20.8. The number of aryl methyl sites for hydroxylation is 2. The molecule has 0 unspecified atom stereocenters. The summed E-state index contributed by atoms with van der Waals surface area (Å²) < 4.78 is 24.2. The summed E-state index contributed by atoms with van der Waals surface area (Å²) in [4.78, 5) is 28.4. The number of anilines is 1. The first-order valence-electron chi connectivity index (χ1n) is 8.78. The van der Waals surface area contributed by atoms with Gasteiger partial charge in [0.05, 0.1) is 16.3 Å². The predicted octanol–water partition coefficient (Wildman–Crippen LogP) is 4.27. The molecule has 0 atom stereocenters. The van der Waals surface area contributed by atoms with Crippen molar-refractivity contribution in [3.05, 3.63) is 75.5 Å². The molecule has 0 radical (unpaired) electrons. The van der Waals surface area contributed by atoms with E-state index in [-0.39, 0.29) is 5.56 Å². The van der Waals surface area contributed by atoms with Crippen LogP contribution in [-0.2, 0) is 16.1 Å². The molecule has 1 aromatic heterocycles. The van der Waals surface area contributed by atoms with Crippen molar-refractivity contribution in [1.29, 1.82) is 0 Å². The Labute approximate surface area is 171 Å². The minimum atomic E-state index is -0.662. The first-order chi connectivity index (χ1) is 13.9. The molecule has 1 heterocycles. The van der Waals surface area contributed by atoms with Crippen LogP contribution in [0.25, 0.3) is 0 Å². The van der Waals surface area contributed by atoms with E-state index in [2.05, 4.69) is 10.3 Å². The van der Waals surface area contributed by atoms with Crippen LogP contribution >= 0.6 is 11.3 Å². The van der Waals surface area contributed by atoms with Gasteiger partial charge in [-0.1, -0.05) is 12.1 Å². The average Bonchev–Trinajstić information content (AvgIpc) is 3.13. The molecule has 3 rings (SSSR count). The molecule has 1 amide bonds. The molecule has 0 aliphatic heterocycles. The van der Waals surface area contributed by atoms with E-state index >= 15 is 0 Å². The number of rotatable bonds is 7. The molecule has 0 fully saturated rings. The van der Waals surface area contributed by atoms with E-state index in [0.717, 1.165) is 10.7 Å². The lowest BCUT2D eigenvalue weighted by Crippen LogP contribution is -2.21. The summed E-state index contributed by atoms with van der Waals surface area (Å²) in [6.45, 7) is 3.34. The molecule has 8 heteroatoms. The smallest absolute Gasteiger partial charge is 0.338 e. The van der Waals surface area contributed by atoms with Gasteiger partial charge in [-0.25, -0.2) is 14.2 Å². The van der Waals surface area contributed by atoms with E-state index in [9.17, 15) is 14.0 Å². The number of benzene rings is 2. The Hall–Kier alpha value is -3.26. The third-order valence-electron chi connectivity index (χ3n) is 3.91. The van der Waals surface area contributed by atoms with Crippen molar-refractivity contribution in [3.8, 4) is 5.75 Å².